The summed E-state index contributed by atoms with van der Waals surface area (Å²) in [7, 11) is 1.92. The second kappa shape index (κ2) is 8.59. The standard InChI is InChI=1S/C19H20N4O3S/c1-3-26-16-10-6-7-13(18(16)25)11-20-22-17(24)12-27-19-21-14-8-4-5-9-15(14)23(19)2/h4-11,25H,3,12H2,1-2H3,(H,22,24)/b20-11-. The van der Waals surface area contributed by atoms with Crippen LogP contribution in [0.3, 0.4) is 0 Å². The molecule has 0 aliphatic rings. The molecule has 0 saturated carbocycles. The van der Waals surface area contributed by atoms with Crippen LogP contribution in [0.5, 0.6) is 11.5 Å². The Kier molecular flexibility index (Phi) is 5.97. The molecule has 0 radical (unpaired) electrons. The lowest BCUT2D eigenvalue weighted by Gasteiger charge is -2.07. The highest BCUT2D eigenvalue weighted by Gasteiger charge is 2.10. The number of para-hydroxylation sites is 3. The summed E-state index contributed by atoms with van der Waals surface area (Å²) in [4.78, 5) is 16.5. The van der Waals surface area contributed by atoms with Crippen LogP contribution in [0.2, 0.25) is 0 Å². The number of carbonyl (C=O) groups is 1. The largest absolute Gasteiger partial charge is 0.504 e. The molecule has 140 valence electrons. The van der Waals surface area contributed by atoms with E-state index >= 15 is 0 Å². The maximum Gasteiger partial charge on any atom is 0.250 e. The van der Waals surface area contributed by atoms with Gasteiger partial charge in [-0.1, -0.05) is 30.0 Å². The number of aromatic hydroxyl groups is 1. The topological polar surface area (TPSA) is 88.7 Å². The van der Waals surface area contributed by atoms with E-state index in [4.69, 9.17) is 4.74 Å². The van der Waals surface area contributed by atoms with Gasteiger partial charge >= 0.3 is 0 Å². The number of hydrogen-bond acceptors (Lipinski definition) is 6. The van der Waals surface area contributed by atoms with Gasteiger partial charge in [0.05, 0.1) is 29.6 Å². The van der Waals surface area contributed by atoms with E-state index in [9.17, 15) is 9.90 Å². The normalized spacial score (nSPS) is 11.2. The van der Waals surface area contributed by atoms with Crippen LogP contribution < -0.4 is 10.2 Å². The second-order valence-corrected chi connectivity index (χ2v) is 6.59. The van der Waals surface area contributed by atoms with Gasteiger partial charge in [0.2, 0.25) is 0 Å². The first-order valence-electron chi connectivity index (χ1n) is 8.41. The van der Waals surface area contributed by atoms with E-state index in [1.165, 1.54) is 18.0 Å². The molecule has 1 amide bonds. The van der Waals surface area contributed by atoms with Crippen molar-refractivity contribution in [2.24, 2.45) is 12.1 Å². The third-order valence-corrected chi connectivity index (χ3v) is 4.83. The zero-order chi connectivity index (χ0) is 19.2. The molecular weight excluding hydrogens is 364 g/mol. The summed E-state index contributed by atoms with van der Waals surface area (Å²) in [6.45, 7) is 2.28. The molecule has 1 heterocycles. The van der Waals surface area contributed by atoms with Crippen molar-refractivity contribution in [2.75, 3.05) is 12.4 Å². The fourth-order valence-corrected chi connectivity index (χ4v) is 3.28. The number of nitrogens with one attached hydrogen (secondary N) is 1. The van der Waals surface area contributed by atoms with Gasteiger partial charge in [-0.25, -0.2) is 10.4 Å². The number of carbonyl (C=O) groups excluding carboxylic acids is 1. The molecule has 0 aliphatic heterocycles. The number of fused-ring (bicyclic) bond motifs is 1. The van der Waals surface area contributed by atoms with Crippen molar-refractivity contribution in [2.45, 2.75) is 12.1 Å². The third-order valence-electron chi connectivity index (χ3n) is 3.80. The van der Waals surface area contributed by atoms with Crippen LogP contribution >= 0.6 is 11.8 Å². The number of hydrazone groups is 1. The minimum absolute atomic E-state index is 0.00794. The van der Waals surface area contributed by atoms with Crippen molar-refractivity contribution in [1.82, 2.24) is 15.0 Å². The molecule has 0 spiro atoms. The smallest absolute Gasteiger partial charge is 0.250 e. The van der Waals surface area contributed by atoms with E-state index in [1.807, 2.05) is 42.8 Å². The first-order valence-corrected chi connectivity index (χ1v) is 9.39. The summed E-state index contributed by atoms with van der Waals surface area (Å²) in [5.41, 5.74) is 4.83. The molecule has 7 nitrogen and oxygen atoms in total. The van der Waals surface area contributed by atoms with Crippen molar-refractivity contribution in [3.8, 4) is 11.5 Å². The molecule has 0 atom stereocenters. The summed E-state index contributed by atoms with van der Waals surface area (Å²) in [5.74, 6) is 0.291. The number of aromatic nitrogens is 2. The fraction of sp³-hybridized carbons (Fsp3) is 0.211. The van der Waals surface area contributed by atoms with Crippen molar-refractivity contribution in [3.63, 3.8) is 0 Å². The zero-order valence-corrected chi connectivity index (χ0v) is 15.9. The van der Waals surface area contributed by atoms with Crippen molar-refractivity contribution < 1.29 is 14.6 Å². The fourth-order valence-electron chi connectivity index (χ4n) is 2.50. The lowest BCUT2D eigenvalue weighted by atomic mass is 10.2. The predicted molar refractivity (Wildman–Crippen MR) is 106 cm³/mol. The summed E-state index contributed by atoms with van der Waals surface area (Å²) >= 11 is 1.34. The van der Waals surface area contributed by atoms with Crippen LogP contribution in [-0.4, -0.2) is 39.1 Å². The van der Waals surface area contributed by atoms with Gasteiger partial charge in [-0.05, 0) is 31.2 Å². The average Bonchev–Trinajstić information content (AvgIpc) is 2.99. The second-order valence-electron chi connectivity index (χ2n) is 5.65. The minimum Gasteiger partial charge on any atom is -0.504 e. The number of amides is 1. The number of ether oxygens (including phenoxy) is 1. The highest BCUT2D eigenvalue weighted by atomic mass is 32.2. The van der Waals surface area contributed by atoms with Gasteiger partial charge in [-0.3, -0.25) is 4.79 Å². The number of benzene rings is 2. The number of hydrogen-bond donors (Lipinski definition) is 2. The molecule has 0 fully saturated rings. The Labute approximate surface area is 161 Å². The maximum atomic E-state index is 12.0. The van der Waals surface area contributed by atoms with Gasteiger partial charge in [-0.15, -0.1) is 0 Å². The molecule has 0 saturated heterocycles. The van der Waals surface area contributed by atoms with Crippen LogP contribution in [-0.2, 0) is 11.8 Å². The predicted octanol–water partition coefficient (Wildman–Crippen LogP) is 2.92. The maximum absolute atomic E-state index is 12.0. The molecule has 3 rings (SSSR count). The minimum atomic E-state index is -0.260. The molecule has 2 N–H and O–H groups in total. The number of phenolic OH excluding ortho intramolecular Hbond substituents is 1. The number of imidazole rings is 1. The Morgan fingerprint density at radius 3 is 2.93 bits per heavy atom. The van der Waals surface area contributed by atoms with E-state index in [0.29, 0.717) is 17.9 Å². The highest BCUT2D eigenvalue weighted by molar-refractivity contribution is 7.99. The molecule has 0 aliphatic carbocycles. The molecule has 2 aromatic carbocycles. The van der Waals surface area contributed by atoms with Gasteiger partial charge in [-0.2, -0.15) is 5.10 Å². The average molecular weight is 384 g/mol. The molecular formula is C19H20N4O3S. The number of nitrogens with zero attached hydrogens (tertiary/aromatic N) is 3. The van der Waals surface area contributed by atoms with E-state index in [-0.39, 0.29) is 17.4 Å². The number of phenols is 1. The molecule has 0 bridgehead atoms. The Morgan fingerprint density at radius 1 is 1.33 bits per heavy atom. The summed E-state index contributed by atoms with van der Waals surface area (Å²) in [6, 6.07) is 12.9. The number of thioether (sulfide) groups is 1. The Bertz CT molecular complexity index is 984. The number of rotatable bonds is 7. The van der Waals surface area contributed by atoms with Crippen LogP contribution in [0.15, 0.2) is 52.7 Å². The van der Waals surface area contributed by atoms with Gasteiger partial charge in [0.15, 0.2) is 16.7 Å². The zero-order valence-electron chi connectivity index (χ0n) is 15.0. The van der Waals surface area contributed by atoms with Crippen LogP contribution in [0, 0.1) is 0 Å². The van der Waals surface area contributed by atoms with E-state index in [0.717, 1.165) is 16.2 Å². The van der Waals surface area contributed by atoms with Crippen LogP contribution in [0.4, 0.5) is 0 Å². The van der Waals surface area contributed by atoms with Crippen molar-refractivity contribution in [1.29, 1.82) is 0 Å². The van der Waals surface area contributed by atoms with Crippen LogP contribution in [0.1, 0.15) is 12.5 Å². The van der Waals surface area contributed by atoms with Crippen molar-refractivity contribution in [3.05, 3.63) is 48.0 Å². The van der Waals surface area contributed by atoms with E-state index in [2.05, 4.69) is 15.5 Å². The van der Waals surface area contributed by atoms with Gasteiger partial charge in [0.25, 0.3) is 5.91 Å². The van der Waals surface area contributed by atoms with E-state index in [1.54, 1.807) is 18.2 Å². The molecule has 1 aromatic heterocycles. The van der Waals surface area contributed by atoms with Gasteiger partial charge < -0.3 is 14.4 Å². The Balaban J connectivity index is 1.57. The molecule has 8 heteroatoms. The van der Waals surface area contributed by atoms with Crippen molar-refractivity contribution >= 4 is 34.9 Å². The lowest BCUT2D eigenvalue weighted by molar-refractivity contribution is -0.118. The van der Waals surface area contributed by atoms with E-state index < -0.39 is 0 Å². The monoisotopic (exact) mass is 384 g/mol. The lowest BCUT2D eigenvalue weighted by Crippen LogP contribution is -2.19. The first-order chi connectivity index (χ1) is 13.1. The summed E-state index contributed by atoms with van der Waals surface area (Å²) < 4.78 is 7.27. The highest BCUT2D eigenvalue weighted by Crippen LogP contribution is 2.28. The SMILES string of the molecule is CCOc1cccc(/C=N\NC(=O)CSc2nc3ccccc3n2C)c1O. The summed E-state index contributed by atoms with van der Waals surface area (Å²) in [6.07, 6.45) is 1.38. The van der Waals surface area contributed by atoms with Crippen LogP contribution in [0.25, 0.3) is 11.0 Å². The number of aryl methyl sites for hydroxylation is 1. The summed E-state index contributed by atoms with van der Waals surface area (Å²) in [5, 5.41) is 14.8. The Hall–Kier alpha value is -3.00. The Morgan fingerprint density at radius 2 is 2.15 bits per heavy atom. The first kappa shape index (κ1) is 18.8. The quantitative estimate of drug-likeness (QED) is 0.371. The third kappa shape index (κ3) is 4.40. The molecule has 0 unspecified atom stereocenters. The molecule has 3 aromatic rings. The van der Waals surface area contributed by atoms with Gasteiger partial charge in [0.1, 0.15) is 0 Å². The molecule has 27 heavy (non-hydrogen) atoms. The van der Waals surface area contributed by atoms with Gasteiger partial charge in [0, 0.05) is 12.6 Å².